The van der Waals surface area contributed by atoms with Crippen LogP contribution in [0.2, 0.25) is 0 Å². The largest absolute Gasteiger partial charge is 0.396 e. The van der Waals surface area contributed by atoms with Crippen LogP contribution in [0.3, 0.4) is 0 Å². The minimum Gasteiger partial charge on any atom is -0.396 e. The molecule has 1 aliphatic rings. The van der Waals surface area contributed by atoms with E-state index in [2.05, 4.69) is 20.9 Å². The zero-order valence-electron chi connectivity index (χ0n) is 19.5. The summed E-state index contributed by atoms with van der Waals surface area (Å²) in [5.74, 6) is 0.358. The summed E-state index contributed by atoms with van der Waals surface area (Å²) < 4.78 is 3.64. The first kappa shape index (κ1) is 24.0. The number of rotatable bonds is 8. The maximum atomic E-state index is 13.0. The van der Waals surface area contributed by atoms with E-state index in [0.717, 1.165) is 36.9 Å². The summed E-state index contributed by atoms with van der Waals surface area (Å²) in [6, 6.07) is 9.66. The number of aromatic nitrogens is 3. The lowest BCUT2D eigenvalue weighted by Crippen LogP contribution is -2.25. The number of thioether (sulfide) groups is 1. The summed E-state index contributed by atoms with van der Waals surface area (Å²) >= 11 is 1.18. The van der Waals surface area contributed by atoms with E-state index >= 15 is 0 Å². The fraction of sp³-hybridized carbons (Fsp3) is 0.440. The van der Waals surface area contributed by atoms with Crippen LogP contribution >= 0.6 is 11.8 Å². The van der Waals surface area contributed by atoms with Crippen molar-refractivity contribution in [3.05, 3.63) is 51.4 Å². The van der Waals surface area contributed by atoms with Crippen molar-refractivity contribution in [1.29, 1.82) is 5.26 Å². The standard InChI is InChI=1S/C25H29N5O3S/c1-16-17(2)30(18-8-3-4-9-18)23(20(16)14-26)28-22(32)15-34-25-27-21-11-6-5-10-19(21)24(33)29(25)12-7-13-31/h5-6,10-11,18,31H,3-4,7-9,12-13,15H2,1-2H3,(H,28,32). The van der Waals surface area contributed by atoms with E-state index in [9.17, 15) is 20.0 Å². The second kappa shape index (κ2) is 10.5. The molecule has 0 spiro atoms. The monoisotopic (exact) mass is 479 g/mol. The van der Waals surface area contributed by atoms with E-state index < -0.39 is 0 Å². The molecule has 0 unspecified atom stereocenters. The van der Waals surface area contributed by atoms with Gasteiger partial charge in [-0.3, -0.25) is 14.2 Å². The Balaban J connectivity index is 1.59. The van der Waals surface area contributed by atoms with E-state index in [4.69, 9.17) is 0 Å². The molecule has 0 aliphatic heterocycles. The Morgan fingerprint density at radius 3 is 2.74 bits per heavy atom. The van der Waals surface area contributed by atoms with Crippen LogP contribution in [-0.4, -0.2) is 37.5 Å². The highest BCUT2D eigenvalue weighted by atomic mass is 32.2. The fourth-order valence-corrected chi connectivity index (χ4v) is 5.51. The van der Waals surface area contributed by atoms with Crippen molar-refractivity contribution in [2.24, 2.45) is 0 Å². The lowest BCUT2D eigenvalue weighted by atomic mass is 10.2. The first-order valence-corrected chi connectivity index (χ1v) is 12.6. The number of benzene rings is 1. The van der Waals surface area contributed by atoms with Gasteiger partial charge in [-0.25, -0.2) is 4.98 Å². The van der Waals surface area contributed by atoms with Crippen molar-refractivity contribution >= 4 is 34.4 Å². The number of nitriles is 1. The summed E-state index contributed by atoms with van der Waals surface area (Å²) in [4.78, 5) is 30.6. The van der Waals surface area contributed by atoms with E-state index in [1.54, 1.807) is 18.2 Å². The first-order valence-electron chi connectivity index (χ1n) is 11.6. The van der Waals surface area contributed by atoms with Crippen LogP contribution in [0.25, 0.3) is 10.9 Å². The Kier molecular flexibility index (Phi) is 7.39. The van der Waals surface area contributed by atoms with Gasteiger partial charge in [0.15, 0.2) is 5.16 Å². The highest BCUT2D eigenvalue weighted by Gasteiger charge is 2.26. The van der Waals surface area contributed by atoms with Crippen LogP contribution in [0.4, 0.5) is 5.82 Å². The molecule has 9 heteroatoms. The Morgan fingerprint density at radius 1 is 1.29 bits per heavy atom. The fourth-order valence-electron chi connectivity index (χ4n) is 4.69. The number of fused-ring (bicyclic) bond motifs is 1. The van der Waals surface area contributed by atoms with Gasteiger partial charge in [0.1, 0.15) is 11.9 Å². The summed E-state index contributed by atoms with van der Waals surface area (Å²) in [6.45, 7) is 4.19. The van der Waals surface area contributed by atoms with Gasteiger partial charge in [0.25, 0.3) is 5.56 Å². The Hall–Kier alpha value is -3.09. The lowest BCUT2D eigenvalue weighted by molar-refractivity contribution is -0.113. The molecule has 0 saturated heterocycles. The van der Waals surface area contributed by atoms with E-state index in [1.807, 2.05) is 19.9 Å². The third-order valence-electron chi connectivity index (χ3n) is 6.52. The number of nitrogens with one attached hydrogen (secondary N) is 1. The summed E-state index contributed by atoms with van der Waals surface area (Å²) in [5.41, 5.74) is 2.80. The topological polar surface area (TPSA) is 113 Å². The van der Waals surface area contributed by atoms with Gasteiger partial charge in [-0.15, -0.1) is 0 Å². The molecule has 2 aromatic heterocycles. The number of hydrogen-bond acceptors (Lipinski definition) is 6. The molecule has 4 rings (SSSR count). The van der Waals surface area contributed by atoms with Crippen LogP contribution in [0.5, 0.6) is 0 Å². The molecule has 0 radical (unpaired) electrons. The summed E-state index contributed by atoms with van der Waals surface area (Å²) in [7, 11) is 0. The summed E-state index contributed by atoms with van der Waals surface area (Å²) in [6.07, 6.45) is 4.78. The molecule has 1 amide bonds. The number of para-hydroxylation sites is 1. The predicted molar refractivity (Wildman–Crippen MR) is 133 cm³/mol. The lowest BCUT2D eigenvalue weighted by Gasteiger charge is -2.19. The van der Waals surface area contributed by atoms with Crippen LogP contribution in [0.15, 0.2) is 34.2 Å². The molecular formula is C25H29N5O3S. The maximum Gasteiger partial charge on any atom is 0.262 e. The van der Waals surface area contributed by atoms with Crippen molar-refractivity contribution in [2.45, 2.75) is 63.7 Å². The third kappa shape index (κ3) is 4.61. The quantitative estimate of drug-likeness (QED) is 0.374. The van der Waals surface area contributed by atoms with Gasteiger partial charge >= 0.3 is 0 Å². The van der Waals surface area contributed by atoms with Crippen molar-refractivity contribution in [1.82, 2.24) is 14.1 Å². The minimum absolute atomic E-state index is 0.0440. The maximum absolute atomic E-state index is 13.0. The van der Waals surface area contributed by atoms with Gasteiger partial charge in [0.2, 0.25) is 5.91 Å². The number of amides is 1. The SMILES string of the molecule is Cc1c(C#N)c(NC(=O)CSc2nc3ccccc3c(=O)n2CCCO)n(C2CCCC2)c1C. The Morgan fingerprint density at radius 2 is 2.03 bits per heavy atom. The van der Waals surface area contributed by atoms with Gasteiger partial charge in [0.05, 0.1) is 22.2 Å². The summed E-state index contributed by atoms with van der Waals surface area (Å²) in [5, 5.41) is 22.9. The van der Waals surface area contributed by atoms with Crippen LogP contribution in [0, 0.1) is 25.2 Å². The van der Waals surface area contributed by atoms with Crippen LogP contribution in [0.1, 0.15) is 55.0 Å². The number of anilines is 1. The molecule has 2 heterocycles. The van der Waals surface area contributed by atoms with Crippen molar-refractivity contribution in [3.63, 3.8) is 0 Å². The molecule has 1 fully saturated rings. The first-order chi connectivity index (χ1) is 16.5. The molecule has 0 bridgehead atoms. The van der Waals surface area contributed by atoms with Gasteiger partial charge in [-0.05, 0) is 50.8 Å². The van der Waals surface area contributed by atoms with Crippen molar-refractivity contribution in [3.8, 4) is 6.07 Å². The van der Waals surface area contributed by atoms with E-state index in [1.165, 1.54) is 16.3 Å². The number of hydrogen-bond donors (Lipinski definition) is 2. The van der Waals surface area contributed by atoms with Crippen LogP contribution in [-0.2, 0) is 11.3 Å². The zero-order chi connectivity index (χ0) is 24.2. The predicted octanol–water partition coefficient (Wildman–Crippen LogP) is 3.91. The van der Waals surface area contributed by atoms with Gasteiger partial charge in [0, 0.05) is 24.9 Å². The molecule has 3 aromatic rings. The average molecular weight is 480 g/mol. The number of aliphatic hydroxyl groups is 1. The minimum atomic E-state index is -0.255. The molecule has 1 saturated carbocycles. The van der Waals surface area contributed by atoms with Gasteiger partial charge in [-0.1, -0.05) is 36.7 Å². The van der Waals surface area contributed by atoms with E-state index in [0.29, 0.717) is 40.4 Å². The Bertz CT molecular complexity index is 1310. The molecule has 2 N–H and O–H groups in total. The molecule has 178 valence electrons. The normalized spacial score (nSPS) is 13.9. The molecule has 8 nitrogen and oxygen atoms in total. The molecular weight excluding hydrogens is 450 g/mol. The van der Waals surface area contributed by atoms with Gasteiger partial charge < -0.3 is 15.0 Å². The highest BCUT2D eigenvalue weighted by molar-refractivity contribution is 7.99. The van der Waals surface area contributed by atoms with Crippen molar-refractivity contribution in [2.75, 3.05) is 17.7 Å². The number of carbonyl (C=O) groups is 1. The second-order valence-corrected chi connectivity index (χ2v) is 9.58. The number of nitrogens with zero attached hydrogens (tertiary/aromatic N) is 4. The van der Waals surface area contributed by atoms with Crippen molar-refractivity contribution < 1.29 is 9.90 Å². The average Bonchev–Trinajstić information content (AvgIpc) is 3.44. The molecule has 1 aromatic carbocycles. The van der Waals surface area contributed by atoms with Gasteiger partial charge in [-0.2, -0.15) is 5.26 Å². The number of carbonyl (C=O) groups excluding carboxylic acids is 1. The Labute approximate surface area is 202 Å². The molecule has 34 heavy (non-hydrogen) atoms. The second-order valence-electron chi connectivity index (χ2n) is 8.64. The van der Waals surface area contributed by atoms with Crippen LogP contribution < -0.4 is 10.9 Å². The molecule has 0 atom stereocenters. The third-order valence-corrected chi connectivity index (χ3v) is 7.49. The smallest absolute Gasteiger partial charge is 0.262 e. The number of aliphatic hydroxyl groups excluding tert-OH is 1. The molecule has 1 aliphatic carbocycles. The van der Waals surface area contributed by atoms with E-state index in [-0.39, 0.29) is 29.9 Å². The highest BCUT2D eigenvalue weighted by Crippen LogP contribution is 2.37. The zero-order valence-corrected chi connectivity index (χ0v) is 20.3.